The lowest BCUT2D eigenvalue weighted by atomic mass is 10.1. The maximum absolute atomic E-state index is 13.8. The predicted octanol–water partition coefficient (Wildman–Crippen LogP) is 5.62. The van der Waals surface area contributed by atoms with Gasteiger partial charge in [0.05, 0.1) is 35.3 Å². The Bertz CT molecular complexity index is 1830. The van der Waals surface area contributed by atoms with E-state index < -0.39 is 11.7 Å². The molecule has 2 aromatic heterocycles. The summed E-state index contributed by atoms with van der Waals surface area (Å²) in [5.74, 6) is 0.0341. The van der Waals surface area contributed by atoms with Gasteiger partial charge < -0.3 is 19.5 Å². The lowest BCUT2D eigenvalue weighted by molar-refractivity contribution is -0.132. The highest BCUT2D eigenvalue weighted by Crippen LogP contribution is 2.23. The average molecular weight is 697 g/mol. The number of hydrogen-bond donors (Lipinski definition) is 2. The normalized spacial score (nSPS) is 14.4. The fraction of sp³-hybridized carbons (Fsp3) is 0.351. The van der Waals surface area contributed by atoms with Crippen molar-refractivity contribution in [3.63, 3.8) is 0 Å². The number of nitrogens with one attached hydrogen (secondary N) is 2. The van der Waals surface area contributed by atoms with Crippen LogP contribution in [0, 0.1) is 11.3 Å². The first-order valence-electron chi connectivity index (χ1n) is 16.5. The average Bonchev–Trinajstić information content (AvgIpc) is 3.67. The van der Waals surface area contributed by atoms with Crippen LogP contribution >= 0.6 is 11.6 Å². The smallest absolute Gasteiger partial charge is 0.413 e. The predicted molar refractivity (Wildman–Crippen MR) is 189 cm³/mol. The monoisotopic (exact) mass is 696 g/mol. The number of benzene rings is 2. The van der Waals surface area contributed by atoms with E-state index in [1.54, 1.807) is 51.4 Å². The first-order chi connectivity index (χ1) is 24.0. The molecule has 1 fully saturated rings. The van der Waals surface area contributed by atoms with E-state index in [0.717, 1.165) is 16.8 Å². The van der Waals surface area contributed by atoms with Crippen LogP contribution in [0.15, 0.2) is 79.4 Å². The van der Waals surface area contributed by atoms with E-state index >= 15 is 0 Å². The molecule has 0 unspecified atom stereocenters. The Hall–Kier alpha value is -5.25. The molecule has 1 atom stereocenters. The van der Waals surface area contributed by atoms with Crippen molar-refractivity contribution in [3.05, 3.63) is 112 Å². The minimum absolute atomic E-state index is 0.0540. The van der Waals surface area contributed by atoms with Crippen molar-refractivity contribution in [2.45, 2.75) is 64.9 Å². The van der Waals surface area contributed by atoms with Crippen LogP contribution in [0.3, 0.4) is 0 Å². The summed E-state index contributed by atoms with van der Waals surface area (Å²) in [5.41, 5.74) is 3.27. The third kappa shape index (κ3) is 10.1. The lowest BCUT2D eigenvalue weighted by Crippen LogP contribution is -2.43. The molecule has 4 aromatic rings. The van der Waals surface area contributed by atoms with E-state index in [2.05, 4.69) is 31.6 Å². The Morgan fingerprint density at radius 1 is 1.08 bits per heavy atom. The number of carbonyl (C=O) groups is 3. The number of anilines is 1. The molecule has 0 spiro atoms. The summed E-state index contributed by atoms with van der Waals surface area (Å²) in [6, 6.07) is 19.9. The molecule has 3 amide bonds. The molecule has 50 heavy (non-hydrogen) atoms. The Balaban J connectivity index is 1.22. The van der Waals surface area contributed by atoms with Crippen LogP contribution in [-0.2, 0) is 29.2 Å². The minimum atomic E-state index is -0.645. The number of nitriles is 1. The quantitative estimate of drug-likeness (QED) is 0.171. The van der Waals surface area contributed by atoms with Crippen molar-refractivity contribution in [1.29, 1.82) is 5.26 Å². The largest absolute Gasteiger partial charge is 0.444 e. The second-order valence-corrected chi connectivity index (χ2v) is 13.6. The number of likely N-dealkylation sites (tertiary alicyclic amines) is 1. The Morgan fingerprint density at radius 2 is 1.88 bits per heavy atom. The molecular weight excluding hydrogens is 656 g/mol. The van der Waals surface area contributed by atoms with Gasteiger partial charge in [-0.05, 0) is 81.1 Å². The van der Waals surface area contributed by atoms with Gasteiger partial charge in [0.1, 0.15) is 11.4 Å². The number of ether oxygens (including phenoxy) is 1. The molecule has 2 N–H and O–H groups in total. The molecule has 1 aliphatic rings. The van der Waals surface area contributed by atoms with Gasteiger partial charge in [-0.2, -0.15) is 5.26 Å². The Kier molecular flexibility index (Phi) is 11.8. The summed E-state index contributed by atoms with van der Waals surface area (Å²) in [6.45, 7) is 8.41. The van der Waals surface area contributed by atoms with Crippen LogP contribution in [0.2, 0.25) is 5.02 Å². The molecule has 5 rings (SSSR count). The van der Waals surface area contributed by atoms with Gasteiger partial charge in [0.15, 0.2) is 0 Å². The first-order valence-corrected chi connectivity index (χ1v) is 16.8. The molecule has 3 heterocycles. The number of aromatic nitrogens is 3. The highest BCUT2D eigenvalue weighted by molar-refractivity contribution is 6.30. The highest BCUT2D eigenvalue weighted by atomic mass is 35.5. The van der Waals surface area contributed by atoms with Crippen molar-refractivity contribution >= 4 is 35.3 Å². The maximum Gasteiger partial charge on any atom is 0.413 e. The van der Waals surface area contributed by atoms with Gasteiger partial charge in [-0.1, -0.05) is 35.9 Å². The van der Waals surface area contributed by atoms with Gasteiger partial charge in [0, 0.05) is 56.7 Å². The summed E-state index contributed by atoms with van der Waals surface area (Å²) < 4.78 is 7.29. The summed E-state index contributed by atoms with van der Waals surface area (Å²) in [5, 5.41) is 15.3. The number of amides is 3. The molecule has 12 nitrogen and oxygen atoms in total. The van der Waals surface area contributed by atoms with Crippen molar-refractivity contribution < 1.29 is 19.1 Å². The molecular formula is C37H41ClN8O4. The zero-order chi connectivity index (χ0) is 35.7. The van der Waals surface area contributed by atoms with Gasteiger partial charge in [0.2, 0.25) is 5.91 Å². The maximum atomic E-state index is 13.8. The molecule has 1 aliphatic heterocycles. The van der Waals surface area contributed by atoms with Gasteiger partial charge in [-0.3, -0.25) is 19.8 Å². The zero-order valence-electron chi connectivity index (χ0n) is 28.4. The summed E-state index contributed by atoms with van der Waals surface area (Å²) in [4.78, 5) is 51.3. The number of rotatable bonds is 13. The van der Waals surface area contributed by atoms with Gasteiger partial charge in [-0.15, -0.1) is 0 Å². The summed E-state index contributed by atoms with van der Waals surface area (Å²) in [6.07, 6.45) is 5.63. The van der Waals surface area contributed by atoms with E-state index in [9.17, 15) is 14.4 Å². The fourth-order valence-corrected chi connectivity index (χ4v) is 5.94. The van der Waals surface area contributed by atoms with Crippen LogP contribution in [0.4, 0.5) is 10.6 Å². The summed E-state index contributed by atoms with van der Waals surface area (Å²) >= 11 is 6.20. The number of pyridine rings is 1. The highest BCUT2D eigenvalue weighted by Gasteiger charge is 2.36. The second-order valence-electron chi connectivity index (χ2n) is 13.2. The molecule has 0 bridgehead atoms. The van der Waals surface area contributed by atoms with Crippen molar-refractivity contribution in [3.8, 4) is 6.07 Å². The standard InChI is InChI=1S/C37H41ClN8O4/c1-37(2,3)50-36(49)43-33-13-12-29(20-42-33)34(47)41-15-5-16-44(32-14-17-45(35(32)48)23-28-6-4-7-30(38)18-28)24-31-21-40-25-46(31)22-27-10-8-26(19-39)9-11-27/h4,6-13,18,20-21,25,32H,5,14-17,22-24H2,1-3H3,(H,41,47)(H,42,43,49)/t32-/m0/s1. The Labute approximate surface area is 297 Å². The fourth-order valence-electron chi connectivity index (χ4n) is 5.73. The topological polar surface area (TPSA) is 145 Å². The SMILES string of the molecule is CC(C)(C)OC(=O)Nc1ccc(C(=O)NCCCN(Cc2cncn2Cc2ccc(C#N)cc2)[C@H]2CCN(Cc3cccc(Cl)c3)C2=O)cn1. The van der Waals surface area contributed by atoms with Crippen LogP contribution < -0.4 is 10.6 Å². The number of carbonyl (C=O) groups excluding carboxylic acids is 3. The number of hydrogen-bond acceptors (Lipinski definition) is 8. The molecule has 2 aromatic carbocycles. The molecule has 13 heteroatoms. The van der Waals surface area contributed by atoms with Gasteiger partial charge in [0.25, 0.3) is 5.91 Å². The van der Waals surface area contributed by atoms with Gasteiger partial charge >= 0.3 is 6.09 Å². The molecule has 1 saturated heterocycles. The minimum Gasteiger partial charge on any atom is -0.444 e. The van der Waals surface area contributed by atoms with E-state index in [4.69, 9.17) is 21.6 Å². The van der Waals surface area contributed by atoms with E-state index in [-0.39, 0.29) is 23.7 Å². The van der Waals surface area contributed by atoms with Crippen LogP contribution in [0.1, 0.15) is 66.4 Å². The van der Waals surface area contributed by atoms with E-state index in [0.29, 0.717) is 68.3 Å². The number of nitrogens with zero attached hydrogens (tertiary/aromatic N) is 6. The van der Waals surface area contributed by atoms with Crippen molar-refractivity contribution in [2.75, 3.05) is 25.0 Å². The first kappa shape index (κ1) is 36.0. The third-order valence-electron chi connectivity index (χ3n) is 8.13. The van der Waals surface area contributed by atoms with Crippen LogP contribution in [-0.4, -0.2) is 73.5 Å². The molecule has 0 radical (unpaired) electrons. The number of halogens is 1. The third-order valence-corrected chi connectivity index (χ3v) is 8.37. The molecule has 0 aliphatic carbocycles. The van der Waals surface area contributed by atoms with Crippen molar-refractivity contribution in [1.82, 2.24) is 29.7 Å². The molecule has 0 saturated carbocycles. The lowest BCUT2D eigenvalue weighted by Gasteiger charge is -2.28. The number of imidazole rings is 1. The van der Waals surface area contributed by atoms with Crippen molar-refractivity contribution in [2.24, 2.45) is 0 Å². The van der Waals surface area contributed by atoms with Crippen LogP contribution in [0.5, 0.6) is 0 Å². The molecule has 260 valence electrons. The van der Waals surface area contributed by atoms with Gasteiger partial charge in [-0.25, -0.2) is 14.8 Å². The van der Waals surface area contributed by atoms with E-state index in [1.807, 2.05) is 52.1 Å². The Morgan fingerprint density at radius 3 is 2.58 bits per heavy atom. The van der Waals surface area contributed by atoms with E-state index in [1.165, 1.54) is 6.20 Å². The second kappa shape index (κ2) is 16.4. The van der Waals surface area contributed by atoms with Crippen LogP contribution in [0.25, 0.3) is 0 Å². The zero-order valence-corrected chi connectivity index (χ0v) is 29.2. The summed E-state index contributed by atoms with van der Waals surface area (Å²) in [7, 11) is 0.